The first-order valence-corrected chi connectivity index (χ1v) is 12.8. The Morgan fingerprint density at radius 3 is 2.17 bits per heavy atom. The van der Waals surface area contributed by atoms with E-state index in [0.717, 1.165) is 23.8 Å². The van der Waals surface area contributed by atoms with Crippen molar-refractivity contribution in [3.05, 3.63) is 110 Å². The Hall–Kier alpha value is -5.11. The van der Waals surface area contributed by atoms with Crippen molar-refractivity contribution in [2.45, 2.75) is 18.7 Å². The molecule has 0 saturated carbocycles. The number of ether oxygens (including phenoxy) is 1. The summed E-state index contributed by atoms with van der Waals surface area (Å²) >= 11 is 1.35. The minimum atomic E-state index is -1.14. The van der Waals surface area contributed by atoms with E-state index in [4.69, 9.17) is 4.74 Å². The molecule has 2 N–H and O–H groups in total. The van der Waals surface area contributed by atoms with Gasteiger partial charge in [0.15, 0.2) is 0 Å². The highest BCUT2D eigenvalue weighted by molar-refractivity contribution is 7.98. The first-order valence-electron chi connectivity index (χ1n) is 11.6. The monoisotopic (exact) mass is 565 g/mol. The predicted molar refractivity (Wildman–Crippen MR) is 147 cm³/mol. The van der Waals surface area contributed by atoms with Crippen molar-refractivity contribution in [2.75, 3.05) is 5.75 Å². The number of non-ortho nitro benzene ring substituents is 2. The summed E-state index contributed by atoms with van der Waals surface area (Å²) in [7, 11) is 0. The van der Waals surface area contributed by atoms with Crippen molar-refractivity contribution >= 4 is 47.1 Å². The lowest BCUT2D eigenvalue weighted by molar-refractivity contribution is -0.394. The van der Waals surface area contributed by atoms with Gasteiger partial charge in [0, 0.05) is 30.6 Å². The molecule has 0 unspecified atom stereocenters. The Bertz CT molecular complexity index is 1400. The molecule has 14 heteroatoms. The second-order valence-electron chi connectivity index (χ2n) is 8.18. The highest BCUT2D eigenvalue weighted by Crippen LogP contribution is 2.23. The highest BCUT2D eigenvalue weighted by atomic mass is 32.2. The van der Waals surface area contributed by atoms with Gasteiger partial charge in [0.1, 0.15) is 11.8 Å². The maximum atomic E-state index is 12.9. The van der Waals surface area contributed by atoms with Crippen LogP contribution in [0.3, 0.4) is 0 Å². The number of nitrogens with zero attached hydrogens (tertiary/aromatic N) is 3. The number of rotatable bonds is 12. The summed E-state index contributed by atoms with van der Waals surface area (Å²) in [5.41, 5.74) is 2.30. The molecule has 1 atom stereocenters. The van der Waals surface area contributed by atoms with Gasteiger partial charge in [-0.2, -0.15) is 16.9 Å². The molecule has 0 saturated heterocycles. The maximum Gasteiger partial charge on any atom is 0.308 e. The fourth-order valence-electron chi connectivity index (χ4n) is 3.27. The van der Waals surface area contributed by atoms with Crippen molar-refractivity contribution in [1.29, 1.82) is 0 Å². The van der Waals surface area contributed by atoms with E-state index >= 15 is 0 Å². The van der Waals surface area contributed by atoms with Crippen LogP contribution in [0.1, 0.15) is 28.4 Å². The van der Waals surface area contributed by atoms with Gasteiger partial charge >= 0.3 is 5.97 Å². The number of hydrogen-bond donors (Lipinski definition) is 2. The largest absolute Gasteiger partial charge is 0.427 e. The van der Waals surface area contributed by atoms with Gasteiger partial charge in [0.25, 0.3) is 23.2 Å². The number of carbonyl (C=O) groups is 3. The van der Waals surface area contributed by atoms with Crippen LogP contribution in [0, 0.1) is 20.2 Å². The number of nitro benzene ring substituents is 2. The van der Waals surface area contributed by atoms with Crippen LogP contribution in [0.5, 0.6) is 5.75 Å². The molecule has 40 heavy (non-hydrogen) atoms. The van der Waals surface area contributed by atoms with Crippen LogP contribution in [0.25, 0.3) is 0 Å². The molecular weight excluding hydrogens is 542 g/mol. The van der Waals surface area contributed by atoms with Crippen LogP contribution < -0.4 is 15.5 Å². The number of nitrogens with one attached hydrogen (secondary N) is 2. The first kappa shape index (κ1) is 29.4. The fourth-order valence-corrected chi connectivity index (χ4v) is 4.28. The van der Waals surface area contributed by atoms with Gasteiger partial charge in [-0.15, -0.1) is 0 Å². The second-order valence-corrected chi connectivity index (χ2v) is 9.21. The second kappa shape index (κ2) is 14.2. The molecule has 0 heterocycles. The lowest BCUT2D eigenvalue weighted by Gasteiger charge is -2.17. The SMILES string of the molecule is CC(=O)Oc1ccc(/C=N\NC(=O)[C@@H](CSCc2ccccc2)NC(=O)c2cc([N+](=O)[O-])cc([N+](=O)[O-])c2)cc1. The summed E-state index contributed by atoms with van der Waals surface area (Å²) in [6.45, 7) is 1.28. The number of amides is 2. The number of nitro groups is 2. The third kappa shape index (κ3) is 9.02. The molecule has 0 aliphatic carbocycles. The first-order chi connectivity index (χ1) is 19.1. The smallest absolute Gasteiger partial charge is 0.308 e. The van der Waals surface area contributed by atoms with Crippen molar-refractivity contribution in [2.24, 2.45) is 5.10 Å². The highest BCUT2D eigenvalue weighted by Gasteiger charge is 2.25. The van der Waals surface area contributed by atoms with Gasteiger partial charge in [-0.3, -0.25) is 34.6 Å². The Labute approximate surface area is 231 Å². The summed E-state index contributed by atoms with van der Waals surface area (Å²) < 4.78 is 4.96. The van der Waals surface area contributed by atoms with Crippen molar-refractivity contribution in [3.8, 4) is 5.75 Å². The number of esters is 1. The molecule has 0 aromatic heterocycles. The molecule has 3 rings (SSSR count). The topological polar surface area (TPSA) is 183 Å². The number of benzene rings is 3. The summed E-state index contributed by atoms with van der Waals surface area (Å²) in [5, 5.41) is 28.8. The van der Waals surface area contributed by atoms with Crippen LogP contribution in [-0.4, -0.2) is 45.6 Å². The molecule has 3 aromatic carbocycles. The molecule has 3 aromatic rings. The standard InChI is InChI=1S/C26H23N5O8S/c1-17(32)39-23-9-7-18(8-10-23)14-27-29-26(34)24(16-40-15-19-5-3-2-4-6-19)28-25(33)20-11-21(30(35)36)13-22(12-20)31(37)38/h2-14,24H,15-16H2,1H3,(H,28,33)(H,29,34)/b27-14-/t24-/m1/s1. The molecule has 206 valence electrons. The molecule has 0 aliphatic heterocycles. The van der Waals surface area contributed by atoms with Crippen molar-refractivity contribution in [3.63, 3.8) is 0 Å². The molecule has 0 radical (unpaired) electrons. The molecule has 0 bridgehead atoms. The zero-order valence-electron chi connectivity index (χ0n) is 21.0. The number of hydrazone groups is 1. The maximum absolute atomic E-state index is 12.9. The molecule has 13 nitrogen and oxygen atoms in total. The van der Waals surface area contributed by atoms with E-state index in [-0.39, 0.29) is 11.3 Å². The Morgan fingerprint density at radius 1 is 0.975 bits per heavy atom. The molecular formula is C26H23N5O8S. The van der Waals surface area contributed by atoms with Gasteiger partial charge in [0.05, 0.1) is 27.7 Å². The Balaban J connectivity index is 1.74. The molecule has 0 spiro atoms. The zero-order chi connectivity index (χ0) is 29.1. The minimum Gasteiger partial charge on any atom is -0.427 e. The van der Waals surface area contributed by atoms with Gasteiger partial charge < -0.3 is 10.1 Å². The van der Waals surface area contributed by atoms with Crippen LogP contribution in [0.2, 0.25) is 0 Å². The van der Waals surface area contributed by atoms with Gasteiger partial charge in [-0.1, -0.05) is 30.3 Å². The average molecular weight is 566 g/mol. The summed E-state index contributed by atoms with van der Waals surface area (Å²) in [6.07, 6.45) is 1.34. The predicted octanol–water partition coefficient (Wildman–Crippen LogP) is 3.61. The quantitative estimate of drug-likeness (QED) is 0.109. The van der Waals surface area contributed by atoms with Crippen LogP contribution >= 0.6 is 11.8 Å². The van der Waals surface area contributed by atoms with Crippen LogP contribution in [0.4, 0.5) is 11.4 Å². The average Bonchev–Trinajstić information content (AvgIpc) is 2.93. The van der Waals surface area contributed by atoms with Crippen LogP contribution in [0.15, 0.2) is 77.9 Å². The Kier molecular flexibility index (Phi) is 10.4. The number of carbonyl (C=O) groups excluding carboxylic acids is 3. The number of hydrogen-bond acceptors (Lipinski definition) is 10. The van der Waals surface area contributed by atoms with E-state index < -0.39 is 45.0 Å². The summed E-state index contributed by atoms with van der Waals surface area (Å²) in [5.74, 6) is -1.07. The van der Waals surface area contributed by atoms with Gasteiger partial charge in [-0.25, -0.2) is 5.43 Å². The van der Waals surface area contributed by atoms with E-state index in [2.05, 4.69) is 15.8 Å². The third-order valence-corrected chi connectivity index (χ3v) is 6.24. The number of thioether (sulfide) groups is 1. The molecule has 0 fully saturated rings. The summed E-state index contributed by atoms with van der Waals surface area (Å²) in [6, 6.07) is 17.1. The van der Waals surface area contributed by atoms with Gasteiger partial charge in [0.2, 0.25) is 0 Å². The minimum absolute atomic E-state index is 0.107. The van der Waals surface area contributed by atoms with Crippen molar-refractivity contribution in [1.82, 2.24) is 10.7 Å². The fraction of sp³-hybridized carbons (Fsp3) is 0.154. The van der Waals surface area contributed by atoms with Crippen LogP contribution in [-0.2, 0) is 15.3 Å². The van der Waals surface area contributed by atoms with E-state index in [1.165, 1.54) is 24.9 Å². The zero-order valence-corrected chi connectivity index (χ0v) is 21.8. The van der Waals surface area contributed by atoms with Gasteiger partial charge in [-0.05, 0) is 35.4 Å². The molecule has 2 amide bonds. The lowest BCUT2D eigenvalue weighted by atomic mass is 10.1. The Morgan fingerprint density at radius 2 is 1.60 bits per heavy atom. The molecule has 0 aliphatic rings. The normalized spacial score (nSPS) is 11.4. The van der Waals surface area contributed by atoms with E-state index in [1.807, 2.05) is 30.3 Å². The van der Waals surface area contributed by atoms with Crippen molar-refractivity contribution < 1.29 is 29.0 Å². The lowest BCUT2D eigenvalue weighted by Crippen LogP contribution is -2.47. The third-order valence-electron chi connectivity index (χ3n) is 5.13. The van der Waals surface area contributed by atoms with E-state index in [9.17, 15) is 34.6 Å². The van der Waals surface area contributed by atoms with E-state index in [0.29, 0.717) is 17.1 Å². The summed E-state index contributed by atoms with van der Waals surface area (Å²) in [4.78, 5) is 57.6. The van der Waals surface area contributed by atoms with E-state index in [1.54, 1.807) is 24.3 Å².